The Balaban J connectivity index is 1.23. The van der Waals surface area contributed by atoms with Gasteiger partial charge in [0.05, 0.1) is 0 Å². The Hall–Kier alpha value is -1.05. The second-order valence-corrected chi connectivity index (χ2v) is 10.5. The summed E-state index contributed by atoms with van der Waals surface area (Å²) in [5.74, 6) is 2.53. The van der Waals surface area contributed by atoms with Gasteiger partial charge in [0.25, 0.3) is 0 Å². The number of nitrogens with zero attached hydrogens (tertiary/aromatic N) is 2. The number of fused-ring (bicyclic) bond motifs is 1. The smallest absolute Gasteiger partial charge is 0.223 e. The number of amides is 2. The Kier molecular flexibility index (Phi) is 6.63. The molecule has 2 aliphatic heterocycles. The molecule has 3 heterocycles. The van der Waals surface area contributed by atoms with E-state index >= 15 is 0 Å². The van der Waals surface area contributed by atoms with Crippen LogP contribution in [0.5, 0.6) is 0 Å². The van der Waals surface area contributed by atoms with Crippen molar-refractivity contribution in [2.75, 3.05) is 37.7 Å². The second kappa shape index (κ2) is 9.18. The van der Waals surface area contributed by atoms with Crippen molar-refractivity contribution in [3.05, 3.63) is 21.9 Å². The van der Waals surface area contributed by atoms with Crippen LogP contribution in [0.1, 0.15) is 49.0 Å². The fourth-order valence-corrected chi connectivity index (χ4v) is 6.66. The van der Waals surface area contributed by atoms with Gasteiger partial charge in [-0.15, -0.1) is 11.3 Å². The summed E-state index contributed by atoms with van der Waals surface area (Å²) in [6.45, 7) is 4.50. The molecule has 1 aromatic heterocycles. The van der Waals surface area contributed by atoms with Crippen LogP contribution in [0, 0.1) is 0 Å². The zero-order valence-electron chi connectivity index (χ0n) is 16.6. The number of nitrogens with one attached hydrogen (secondary N) is 1. The first kappa shape index (κ1) is 20.2. The van der Waals surface area contributed by atoms with Crippen molar-refractivity contribution in [1.29, 1.82) is 0 Å². The van der Waals surface area contributed by atoms with E-state index in [9.17, 15) is 9.59 Å². The Morgan fingerprint density at radius 1 is 1.11 bits per heavy atom. The van der Waals surface area contributed by atoms with Crippen LogP contribution in [-0.4, -0.2) is 64.8 Å². The minimum atomic E-state index is 0.0271. The van der Waals surface area contributed by atoms with Gasteiger partial charge >= 0.3 is 0 Å². The molecule has 154 valence electrons. The molecule has 0 spiro atoms. The van der Waals surface area contributed by atoms with Crippen molar-refractivity contribution in [3.8, 4) is 0 Å². The normalized spacial score (nSPS) is 22.1. The van der Waals surface area contributed by atoms with E-state index in [1.54, 1.807) is 11.3 Å². The number of carbonyl (C=O) groups excluding carboxylic acids is 2. The third kappa shape index (κ3) is 4.57. The quantitative estimate of drug-likeness (QED) is 0.767. The number of thioether (sulfide) groups is 1. The molecule has 0 atom stereocenters. The average molecular weight is 422 g/mol. The molecule has 1 aromatic rings. The lowest BCUT2D eigenvalue weighted by Gasteiger charge is -2.43. The molecule has 4 rings (SSSR count). The van der Waals surface area contributed by atoms with E-state index in [0.717, 1.165) is 32.6 Å². The molecule has 1 saturated heterocycles. The van der Waals surface area contributed by atoms with Gasteiger partial charge in [-0.3, -0.25) is 14.5 Å². The summed E-state index contributed by atoms with van der Waals surface area (Å²) < 4.78 is 0. The highest BCUT2D eigenvalue weighted by atomic mass is 32.2. The van der Waals surface area contributed by atoms with Gasteiger partial charge in [0.15, 0.2) is 0 Å². The Labute approximate surface area is 176 Å². The highest BCUT2D eigenvalue weighted by Crippen LogP contribution is 2.36. The van der Waals surface area contributed by atoms with E-state index < -0.39 is 0 Å². The SMILES string of the molecule is O=C(CCC(=O)N1CCc2sccc2C1)NCC1(N2CCSCC2)CCCC1. The van der Waals surface area contributed by atoms with E-state index in [0.29, 0.717) is 19.4 Å². The van der Waals surface area contributed by atoms with Crippen LogP contribution in [0.4, 0.5) is 0 Å². The van der Waals surface area contributed by atoms with Gasteiger partial charge in [-0.05, 0) is 36.3 Å². The van der Waals surface area contributed by atoms with E-state index in [4.69, 9.17) is 0 Å². The third-order valence-corrected chi connectivity index (χ3v) is 8.52. The number of thiophene rings is 1. The third-order valence-electron chi connectivity index (χ3n) is 6.56. The van der Waals surface area contributed by atoms with Gasteiger partial charge in [-0.1, -0.05) is 12.8 Å². The molecule has 0 radical (unpaired) electrons. The van der Waals surface area contributed by atoms with E-state index in [1.807, 2.05) is 16.7 Å². The second-order valence-electron chi connectivity index (χ2n) is 8.24. The fourth-order valence-electron chi connectivity index (χ4n) is 4.87. The number of carbonyl (C=O) groups is 2. The molecule has 1 N–H and O–H groups in total. The molecule has 3 aliphatic rings. The van der Waals surface area contributed by atoms with Crippen LogP contribution in [0.3, 0.4) is 0 Å². The van der Waals surface area contributed by atoms with Gasteiger partial charge in [0.2, 0.25) is 11.8 Å². The molecule has 0 aromatic carbocycles. The number of rotatable bonds is 6. The van der Waals surface area contributed by atoms with Crippen LogP contribution in [0.25, 0.3) is 0 Å². The van der Waals surface area contributed by atoms with Crippen molar-refractivity contribution in [2.45, 2.75) is 57.0 Å². The Morgan fingerprint density at radius 2 is 1.89 bits per heavy atom. The van der Waals surface area contributed by atoms with Gasteiger partial charge in [0.1, 0.15) is 0 Å². The minimum absolute atomic E-state index is 0.0271. The van der Waals surface area contributed by atoms with Crippen molar-refractivity contribution < 1.29 is 9.59 Å². The first-order valence-electron chi connectivity index (χ1n) is 10.6. The van der Waals surface area contributed by atoms with Crippen molar-refractivity contribution in [2.24, 2.45) is 0 Å². The fraction of sp³-hybridized carbons (Fsp3) is 0.714. The predicted molar refractivity (Wildman–Crippen MR) is 116 cm³/mol. The molecular formula is C21H31N3O2S2. The molecule has 5 nitrogen and oxygen atoms in total. The molecular weight excluding hydrogens is 390 g/mol. The largest absolute Gasteiger partial charge is 0.354 e. The topological polar surface area (TPSA) is 52.7 Å². The van der Waals surface area contributed by atoms with Crippen LogP contribution < -0.4 is 5.32 Å². The summed E-state index contributed by atoms with van der Waals surface area (Å²) in [4.78, 5) is 30.9. The molecule has 0 unspecified atom stereocenters. The molecule has 2 fully saturated rings. The van der Waals surface area contributed by atoms with E-state index in [2.05, 4.69) is 21.7 Å². The van der Waals surface area contributed by atoms with Crippen LogP contribution in [0.2, 0.25) is 0 Å². The van der Waals surface area contributed by atoms with E-state index in [-0.39, 0.29) is 17.4 Å². The average Bonchev–Trinajstić information content (AvgIpc) is 3.40. The lowest BCUT2D eigenvalue weighted by molar-refractivity contribution is -0.134. The zero-order valence-corrected chi connectivity index (χ0v) is 18.2. The zero-order chi connectivity index (χ0) is 19.4. The van der Waals surface area contributed by atoms with Crippen LogP contribution >= 0.6 is 23.1 Å². The molecule has 28 heavy (non-hydrogen) atoms. The first-order valence-corrected chi connectivity index (χ1v) is 12.6. The van der Waals surface area contributed by atoms with Gasteiger partial charge in [-0.25, -0.2) is 0 Å². The summed E-state index contributed by atoms with van der Waals surface area (Å²) in [6.07, 6.45) is 6.47. The Bertz CT molecular complexity index is 694. The summed E-state index contributed by atoms with van der Waals surface area (Å²) in [6, 6.07) is 2.12. The van der Waals surface area contributed by atoms with Gasteiger partial charge in [0, 0.05) is 67.5 Å². The maximum atomic E-state index is 12.5. The van der Waals surface area contributed by atoms with Crippen LogP contribution in [0.15, 0.2) is 11.4 Å². The molecule has 2 amide bonds. The maximum absolute atomic E-state index is 12.5. The standard InChI is InChI=1S/C21H31N3O2S2/c25-19(3-4-20(26)23-9-5-18-17(15-23)6-12-28-18)22-16-21(7-1-2-8-21)24-10-13-27-14-11-24/h6,12H,1-5,7-11,13-16H2,(H,22,25). The monoisotopic (exact) mass is 421 g/mol. The van der Waals surface area contributed by atoms with Gasteiger partial charge in [-0.2, -0.15) is 11.8 Å². The Morgan fingerprint density at radius 3 is 2.68 bits per heavy atom. The van der Waals surface area contributed by atoms with Gasteiger partial charge < -0.3 is 10.2 Å². The van der Waals surface area contributed by atoms with Crippen LogP contribution in [-0.2, 0) is 22.6 Å². The molecule has 1 saturated carbocycles. The maximum Gasteiger partial charge on any atom is 0.223 e. The van der Waals surface area contributed by atoms with Crippen molar-refractivity contribution in [1.82, 2.24) is 15.1 Å². The summed E-state index contributed by atoms with van der Waals surface area (Å²) in [5, 5.41) is 5.28. The molecule has 0 bridgehead atoms. The lowest BCUT2D eigenvalue weighted by Crippen LogP contribution is -2.56. The summed E-state index contributed by atoms with van der Waals surface area (Å²) in [5.41, 5.74) is 1.43. The predicted octanol–water partition coefficient (Wildman–Crippen LogP) is 2.89. The van der Waals surface area contributed by atoms with Crippen molar-refractivity contribution in [3.63, 3.8) is 0 Å². The summed E-state index contributed by atoms with van der Waals surface area (Å²) in [7, 11) is 0. The molecule has 1 aliphatic carbocycles. The molecule has 7 heteroatoms. The van der Waals surface area contributed by atoms with E-state index in [1.165, 1.54) is 47.6 Å². The number of hydrogen-bond donors (Lipinski definition) is 1. The lowest BCUT2D eigenvalue weighted by atomic mass is 9.94. The summed E-state index contributed by atoms with van der Waals surface area (Å²) >= 11 is 3.81. The minimum Gasteiger partial charge on any atom is -0.354 e. The van der Waals surface area contributed by atoms with Crippen molar-refractivity contribution >= 4 is 34.9 Å². The number of hydrogen-bond acceptors (Lipinski definition) is 5. The first-order chi connectivity index (χ1) is 13.7. The highest BCUT2D eigenvalue weighted by Gasteiger charge is 2.40. The highest BCUT2D eigenvalue weighted by molar-refractivity contribution is 7.99.